The third kappa shape index (κ3) is 5.56. The Bertz CT molecular complexity index is 1220. The van der Waals surface area contributed by atoms with Crippen LogP contribution in [0.15, 0.2) is 64.1 Å². The summed E-state index contributed by atoms with van der Waals surface area (Å²) in [5, 5.41) is 4.06. The molecule has 0 radical (unpaired) electrons. The molecule has 4 N–H and O–H groups in total. The van der Waals surface area contributed by atoms with Crippen molar-refractivity contribution in [3.63, 3.8) is 0 Å². The van der Waals surface area contributed by atoms with E-state index < -0.39 is 14.6 Å². The average molecular weight is 460 g/mol. The fraction of sp³-hybridized carbons (Fsp3) is 0.158. The van der Waals surface area contributed by atoms with Crippen molar-refractivity contribution in [2.24, 2.45) is 0 Å². The van der Waals surface area contributed by atoms with Gasteiger partial charge in [0.25, 0.3) is 5.82 Å². The molecule has 4 heterocycles. The highest BCUT2D eigenvalue weighted by atomic mass is 31.2. The molecule has 0 atom stereocenters. The van der Waals surface area contributed by atoms with Gasteiger partial charge in [0.1, 0.15) is 11.8 Å². The molecule has 32 heavy (non-hydrogen) atoms. The number of hydrogen-bond acceptors (Lipinski definition) is 9. The SMILES string of the molecule is Nc1c(-c2cc(Cc3ccc(OCc4ncco4)nc3)no2)ccc[n+]1COP(=O)(O)O. The normalized spacial score (nSPS) is 11.6. The van der Waals surface area contributed by atoms with Crippen LogP contribution in [0.5, 0.6) is 5.88 Å². The lowest BCUT2D eigenvalue weighted by Gasteiger charge is -2.07. The maximum Gasteiger partial charge on any atom is 0.472 e. The predicted octanol–water partition coefficient (Wildman–Crippen LogP) is 1.83. The van der Waals surface area contributed by atoms with Crippen molar-refractivity contribution in [3.05, 3.63) is 72.3 Å². The topological polar surface area (TPSA) is 171 Å². The number of nitrogens with two attached hydrogens (primary N) is 1. The summed E-state index contributed by atoms with van der Waals surface area (Å²) in [7, 11) is -4.63. The molecule has 4 aromatic heterocycles. The zero-order chi connectivity index (χ0) is 22.6. The summed E-state index contributed by atoms with van der Waals surface area (Å²) in [6, 6.07) is 8.68. The largest absolute Gasteiger partial charge is 0.472 e. The zero-order valence-electron chi connectivity index (χ0n) is 16.6. The summed E-state index contributed by atoms with van der Waals surface area (Å²) in [6.45, 7) is -0.231. The molecule has 0 amide bonds. The van der Waals surface area contributed by atoms with Crippen LogP contribution >= 0.6 is 7.82 Å². The van der Waals surface area contributed by atoms with Crippen LogP contribution in [0.2, 0.25) is 0 Å². The first kappa shape index (κ1) is 21.7. The lowest BCUT2D eigenvalue weighted by molar-refractivity contribution is -0.711. The second-order valence-corrected chi connectivity index (χ2v) is 7.84. The summed E-state index contributed by atoms with van der Waals surface area (Å²) in [5.74, 6) is 1.51. The minimum absolute atomic E-state index is 0.184. The maximum absolute atomic E-state index is 10.9. The highest BCUT2D eigenvalue weighted by Gasteiger charge is 2.20. The quantitative estimate of drug-likeness (QED) is 0.246. The van der Waals surface area contributed by atoms with Gasteiger partial charge in [-0.1, -0.05) is 11.2 Å². The molecule has 0 aliphatic heterocycles. The number of phosphoric acid groups is 1. The van der Waals surface area contributed by atoms with E-state index >= 15 is 0 Å². The van der Waals surface area contributed by atoms with Crippen LogP contribution in [0, 0.1) is 0 Å². The fourth-order valence-corrected chi connectivity index (χ4v) is 3.09. The van der Waals surface area contributed by atoms with E-state index in [-0.39, 0.29) is 12.4 Å². The first-order valence-corrected chi connectivity index (χ1v) is 10.8. The molecular formula is C19H19N5O7P+. The Kier molecular flexibility index (Phi) is 6.28. The molecule has 0 fully saturated rings. The van der Waals surface area contributed by atoms with Gasteiger partial charge in [-0.05, 0) is 17.7 Å². The third-order valence-corrected chi connectivity index (χ3v) is 4.77. The fourth-order valence-electron chi connectivity index (χ4n) is 2.81. The van der Waals surface area contributed by atoms with Gasteiger partial charge in [-0.15, -0.1) is 0 Å². The summed E-state index contributed by atoms with van der Waals surface area (Å²) in [4.78, 5) is 26.0. The molecule has 4 aromatic rings. The lowest BCUT2D eigenvalue weighted by Crippen LogP contribution is -2.38. The Morgan fingerprint density at radius 2 is 2.09 bits per heavy atom. The Balaban J connectivity index is 1.41. The van der Waals surface area contributed by atoms with Gasteiger partial charge >= 0.3 is 7.82 Å². The minimum atomic E-state index is -4.63. The van der Waals surface area contributed by atoms with Gasteiger partial charge in [-0.2, -0.15) is 0 Å². The van der Waals surface area contributed by atoms with Crippen molar-refractivity contribution in [1.82, 2.24) is 15.1 Å². The Morgan fingerprint density at radius 1 is 1.22 bits per heavy atom. The standard InChI is InChI=1S/C19H18N5O7P/c20-19-15(2-1-6-24(19)12-30-32(25,26)27)16-9-14(23-31-16)8-13-3-4-17(22-10-13)29-11-18-21-5-7-28-18/h1-7,9-10,20H,8,11-12H2,(H2,25,26,27)/p+1. The summed E-state index contributed by atoms with van der Waals surface area (Å²) >= 11 is 0. The number of nitrogens with zero attached hydrogens (tertiary/aromatic N) is 4. The number of rotatable bonds is 9. The van der Waals surface area contributed by atoms with Crippen LogP contribution in [-0.4, -0.2) is 24.9 Å². The molecule has 0 saturated carbocycles. The molecule has 4 rings (SSSR count). The van der Waals surface area contributed by atoms with Crippen molar-refractivity contribution in [2.75, 3.05) is 5.73 Å². The molecule has 0 spiro atoms. The van der Waals surface area contributed by atoms with E-state index in [0.29, 0.717) is 35.2 Å². The average Bonchev–Trinajstić information content (AvgIpc) is 3.44. The van der Waals surface area contributed by atoms with E-state index in [9.17, 15) is 4.57 Å². The van der Waals surface area contributed by atoms with Crippen LogP contribution in [0.4, 0.5) is 5.82 Å². The molecule has 0 unspecified atom stereocenters. The number of ether oxygens (including phenoxy) is 1. The molecule has 0 aromatic carbocycles. The molecule has 13 heteroatoms. The van der Waals surface area contributed by atoms with Gasteiger partial charge in [-0.25, -0.2) is 23.6 Å². The van der Waals surface area contributed by atoms with E-state index in [4.69, 9.17) is 29.2 Å². The number of nitrogen functional groups attached to an aromatic ring is 1. The number of anilines is 1. The number of pyridine rings is 2. The van der Waals surface area contributed by atoms with E-state index in [2.05, 4.69) is 19.6 Å². The van der Waals surface area contributed by atoms with Gasteiger partial charge in [-0.3, -0.25) is 5.73 Å². The first-order valence-electron chi connectivity index (χ1n) is 9.27. The van der Waals surface area contributed by atoms with Crippen LogP contribution in [0.25, 0.3) is 11.3 Å². The second-order valence-electron chi connectivity index (χ2n) is 6.60. The van der Waals surface area contributed by atoms with Gasteiger partial charge in [0.2, 0.25) is 18.5 Å². The lowest BCUT2D eigenvalue weighted by atomic mass is 10.1. The smallest absolute Gasteiger partial charge is 0.468 e. The van der Waals surface area contributed by atoms with Gasteiger partial charge in [0.15, 0.2) is 12.4 Å². The summed E-state index contributed by atoms with van der Waals surface area (Å²) < 4.78 is 32.8. The van der Waals surface area contributed by atoms with E-state index in [0.717, 1.165) is 5.56 Å². The van der Waals surface area contributed by atoms with Gasteiger partial charge < -0.3 is 23.5 Å². The van der Waals surface area contributed by atoms with Crippen LogP contribution in [0.1, 0.15) is 17.1 Å². The van der Waals surface area contributed by atoms with Crippen molar-refractivity contribution in [1.29, 1.82) is 0 Å². The second kappa shape index (κ2) is 9.28. The van der Waals surface area contributed by atoms with Crippen molar-refractivity contribution < 1.29 is 37.1 Å². The molecule has 0 saturated heterocycles. The monoisotopic (exact) mass is 460 g/mol. The van der Waals surface area contributed by atoms with Crippen molar-refractivity contribution in [3.8, 4) is 17.2 Å². The number of hydrogen-bond donors (Lipinski definition) is 3. The Morgan fingerprint density at radius 3 is 2.81 bits per heavy atom. The highest BCUT2D eigenvalue weighted by molar-refractivity contribution is 7.46. The molecule has 0 aliphatic rings. The third-order valence-electron chi connectivity index (χ3n) is 4.31. The van der Waals surface area contributed by atoms with E-state index in [1.54, 1.807) is 36.7 Å². The van der Waals surface area contributed by atoms with Gasteiger partial charge in [0.05, 0.1) is 18.1 Å². The molecule has 0 bridgehead atoms. The molecular weight excluding hydrogens is 441 g/mol. The Hall–Kier alpha value is -3.57. The van der Waals surface area contributed by atoms with E-state index in [1.807, 2.05) is 6.07 Å². The van der Waals surface area contributed by atoms with E-state index in [1.165, 1.54) is 17.0 Å². The van der Waals surface area contributed by atoms with Crippen LogP contribution in [-0.2, 0) is 28.8 Å². The van der Waals surface area contributed by atoms with Gasteiger partial charge in [0, 0.05) is 24.8 Å². The van der Waals surface area contributed by atoms with Crippen LogP contribution in [0.3, 0.4) is 0 Å². The Labute approximate surface area is 181 Å². The summed E-state index contributed by atoms with van der Waals surface area (Å²) in [6.07, 6.45) is 6.68. The van der Waals surface area contributed by atoms with Crippen molar-refractivity contribution in [2.45, 2.75) is 19.8 Å². The molecule has 12 nitrogen and oxygen atoms in total. The molecule has 0 aliphatic carbocycles. The van der Waals surface area contributed by atoms with Crippen molar-refractivity contribution >= 4 is 13.6 Å². The number of oxazole rings is 1. The number of phosphoric ester groups is 1. The van der Waals surface area contributed by atoms with Crippen LogP contribution < -0.4 is 15.0 Å². The minimum Gasteiger partial charge on any atom is -0.468 e. The summed E-state index contributed by atoms with van der Waals surface area (Å²) in [5.41, 5.74) is 8.14. The molecule has 166 valence electrons. The maximum atomic E-state index is 10.9. The first-order chi connectivity index (χ1) is 15.4. The highest BCUT2D eigenvalue weighted by Crippen LogP contribution is 2.35. The zero-order valence-corrected chi connectivity index (χ0v) is 17.5. The predicted molar refractivity (Wildman–Crippen MR) is 108 cm³/mol. The number of aromatic nitrogens is 4.